The molecule has 0 fully saturated rings. The molecule has 0 aliphatic rings. The molecule has 0 saturated heterocycles. The maximum absolute atomic E-state index is 5.55. The highest BCUT2D eigenvalue weighted by Gasteiger charge is 2.00. The first kappa shape index (κ1) is 9.95. The van der Waals surface area contributed by atoms with Crippen LogP contribution < -0.4 is 11.6 Å². The molecule has 0 spiro atoms. The molecular weight excluding hydrogens is 182 g/mol. The first-order valence-corrected chi connectivity index (χ1v) is 4.37. The Hall–Kier alpha value is -1.13. The Labute approximate surface area is 83.3 Å². The molecular formula is C9H13N3S. The molecule has 0 radical (unpaired) electrons. The smallest absolute Gasteiger partial charge is 0.180 e. The molecule has 0 atom stereocenters. The van der Waals surface area contributed by atoms with Gasteiger partial charge in [-0.3, -0.25) is 5.01 Å². The summed E-state index contributed by atoms with van der Waals surface area (Å²) in [5.74, 6) is 5.55. The molecule has 0 saturated carbocycles. The summed E-state index contributed by atoms with van der Waals surface area (Å²) in [7, 11) is 0. The van der Waals surface area contributed by atoms with Gasteiger partial charge in [0, 0.05) is 0 Å². The van der Waals surface area contributed by atoms with E-state index in [9.17, 15) is 0 Å². The van der Waals surface area contributed by atoms with Gasteiger partial charge in [0.05, 0.1) is 6.54 Å². The predicted molar refractivity (Wildman–Crippen MR) is 57.7 cm³/mol. The second-order valence-corrected chi connectivity index (χ2v) is 3.37. The van der Waals surface area contributed by atoms with Crippen molar-refractivity contribution >= 4 is 17.3 Å². The molecule has 1 aromatic rings. The molecule has 13 heavy (non-hydrogen) atoms. The van der Waals surface area contributed by atoms with Crippen molar-refractivity contribution in [3.8, 4) is 0 Å². The van der Waals surface area contributed by atoms with Crippen molar-refractivity contribution in [2.75, 3.05) is 0 Å². The normalized spacial score (nSPS) is 9.69. The third-order valence-electron chi connectivity index (χ3n) is 1.76. The summed E-state index contributed by atoms with van der Waals surface area (Å²) in [5, 5.41) is 1.56. The number of aryl methyl sites for hydroxylation is 1. The minimum atomic E-state index is 0.209. The third-order valence-corrected chi connectivity index (χ3v) is 1.99. The van der Waals surface area contributed by atoms with Crippen LogP contribution in [0.2, 0.25) is 0 Å². The fourth-order valence-electron chi connectivity index (χ4n) is 0.968. The number of hydrazine groups is 1. The Balaban J connectivity index is 2.64. The molecule has 70 valence electrons. The molecule has 0 amide bonds. The van der Waals surface area contributed by atoms with Gasteiger partial charge in [0.15, 0.2) is 5.11 Å². The summed E-state index contributed by atoms with van der Waals surface area (Å²) >= 11 is 4.72. The first-order valence-electron chi connectivity index (χ1n) is 3.97. The third kappa shape index (κ3) is 3.01. The molecule has 0 unspecified atom stereocenters. The Morgan fingerprint density at radius 2 is 1.92 bits per heavy atom. The minimum absolute atomic E-state index is 0.209. The van der Waals surface area contributed by atoms with E-state index in [1.54, 1.807) is 0 Å². The van der Waals surface area contributed by atoms with Crippen LogP contribution in [0, 0.1) is 6.92 Å². The maximum Gasteiger partial charge on any atom is 0.180 e. The summed E-state index contributed by atoms with van der Waals surface area (Å²) in [4.78, 5) is 0. The van der Waals surface area contributed by atoms with Crippen LogP contribution in [0.5, 0.6) is 0 Å². The minimum Gasteiger partial charge on any atom is -0.375 e. The van der Waals surface area contributed by atoms with Crippen molar-refractivity contribution in [1.82, 2.24) is 5.01 Å². The lowest BCUT2D eigenvalue weighted by Gasteiger charge is -2.15. The van der Waals surface area contributed by atoms with E-state index < -0.39 is 0 Å². The highest BCUT2D eigenvalue weighted by molar-refractivity contribution is 7.80. The van der Waals surface area contributed by atoms with E-state index in [1.807, 2.05) is 31.2 Å². The summed E-state index contributed by atoms with van der Waals surface area (Å²) in [6, 6.07) is 8.08. The standard InChI is InChI=1S/C9H13N3S/c1-7-2-4-8(5-3-7)6-12(11)9(10)13/h2-5H,6,11H2,1H3,(H2,10,13). The van der Waals surface area contributed by atoms with E-state index in [0.717, 1.165) is 5.56 Å². The van der Waals surface area contributed by atoms with Gasteiger partial charge < -0.3 is 5.73 Å². The molecule has 3 nitrogen and oxygen atoms in total. The Morgan fingerprint density at radius 3 is 2.38 bits per heavy atom. The number of hydrogen-bond donors (Lipinski definition) is 2. The van der Waals surface area contributed by atoms with Gasteiger partial charge >= 0.3 is 0 Å². The van der Waals surface area contributed by atoms with E-state index in [2.05, 4.69) is 0 Å². The van der Waals surface area contributed by atoms with Crippen molar-refractivity contribution in [2.45, 2.75) is 13.5 Å². The van der Waals surface area contributed by atoms with Gasteiger partial charge in [0.25, 0.3) is 0 Å². The van der Waals surface area contributed by atoms with Crippen molar-refractivity contribution < 1.29 is 0 Å². The van der Waals surface area contributed by atoms with Gasteiger partial charge in [-0.25, -0.2) is 5.84 Å². The molecule has 0 bridgehead atoms. The van der Waals surface area contributed by atoms with E-state index in [-0.39, 0.29) is 5.11 Å². The zero-order valence-corrected chi connectivity index (χ0v) is 8.34. The van der Waals surface area contributed by atoms with Crippen LogP contribution in [0.3, 0.4) is 0 Å². The number of thiocarbonyl (C=S) groups is 1. The van der Waals surface area contributed by atoms with E-state index in [4.69, 9.17) is 23.8 Å². The molecule has 0 heterocycles. The summed E-state index contributed by atoms with van der Waals surface area (Å²) in [6.07, 6.45) is 0. The average Bonchev–Trinajstić information content (AvgIpc) is 2.08. The number of benzene rings is 1. The van der Waals surface area contributed by atoms with Gasteiger partial charge in [-0.15, -0.1) is 0 Å². The number of nitrogens with zero attached hydrogens (tertiary/aromatic N) is 1. The van der Waals surface area contributed by atoms with Gasteiger partial charge in [0.1, 0.15) is 0 Å². The van der Waals surface area contributed by atoms with E-state index >= 15 is 0 Å². The lowest BCUT2D eigenvalue weighted by molar-refractivity contribution is 0.437. The Kier molecular flexibility index (Phi) is 3.22. The summed E-state index contributed by atoms with van der Waals surface area (Å²) in [6.45, 7) is 2.59. The summed E-state index contributed by atoms with van der Waals surface area (Å²) in [5.41, 5.74) is 7.67. The van der Waals surface area contributed by atoms with Crippen molar-refractivity contribution in [3.63, 3.8) is 0 Å². The van der Waals surface area contributed by atoms with Gasteiger partial charge in [-0.1, -0.05) is 29.8 Å². The first-order chi connectivity index (χ1) is 6.09. The lowest BCUT2D eigenvalue weighted by Crippen LogP contribution is -2.40. The van der Waals surface area contributed by atoms with Gasteiger partial charge in [-0.05, 0) is 24.7 Å². The fourth-order valence-corrected chi connectivity index (χ4v) is 1.03. The number of rotatable bonds is 2. The molecule has 0 aromatic heterocycles. The average molecular weight is 195 g/mol. The highest BCUT2D eigenvalue weighted by atomic mass is 32.1. The largest absolute Gasteiger partial charge is 0.375 e. The SMILES string of the molecule is Cc1ccc(CN(N)C(N)=S)cc1. The predicted octanol–water partition coefficient (Wildman–Crippen LogP) is 0.914. The van der Waals surface area contributed by atoms with Crippen LogP contribution in [0.1, 0.15) is 11.1 Å². The molecule has 4 N–H and O–H groups in total. The quantitative estimate of drug-likeness (QED) is 0.418. The number of hydrogen-bond acceptors (Lipinski definition) is 2. The van der Waals surface area contributed by atoms with Crippen LogP contribution in [-0.2, 0) is 6.54 Å². The van der Waals surface area contributed by atoms with Crippen LogP contribution in [-0.4, -0.2) is 10.1 Å². The van der Waals surface area contributed by atoms with Crippen molar-refractivity contribution in [3.05, 3.63) is 35.4 Å². The van der Waals surface area contributed by atoms with Crippen LogP contribution >= 0.6 is 12.2 Å². The van der Waals surface area contributed by atoms with E-state index in [1.165, 1.54) is 10.6 Å². The second kappa shape index (κ2) is 4.20. The number of nitrogens with two attached hydrogens (primary N) is 2. The molecule has 0 aliphatic carbocycles. The van der Waals surface area contributed by atoms with Crippen LogP contribution in [0.15, 0.2) is 24.3 Å². The topological polar surface area (TPSA) is 55.3 Å². The second-order valence-electron chi connectivity index (χ2n) is 2.95. The lowest BCUT2D eigenvalue weighted by atomic mass is 10.1. The van der Waals surface area contributed by atoms with Gasteiger partial charge in [-0.2, -0.15) is 0 Å². The monoisotopic (exact) mass is 195 g/mol. The van der Waals surface area contributed by atoms with Crippen LogP contribution in [0.25, 0.3) is 0 Å². The Morgan fingerprint density at radius 1 is 1.38 bits per heavy atom. The zero-order chi connectivity index (χ0) is 9.84. The summed E-state index contributed by atoms with van der Waals surface area (Å²) < 4.78 is 0. The molecule has 1 rings (SSSR count). The van der Waals surface area contributed by atoms with Crippen molar-refractivity contribution in [2.24, 2.45) is 11.6 Å². The highest BCUT2D eigenvalue weighted by Crippen LogP contribution is 2.04. The van der Waals surface area contributed by atoms with Crippen molar-refractivity contribution in [1.29, 1.82) is 0 Å². The Bertz CT molecular complexity index is 294. The molecule has 1 aromatic carbocycles. The zero-order valence-electron chi connectivity index (χ0n) is 7.53. The van der Waals surface area contributed by atoms with E-state index in [0.29, 0.717) is 6.54 Å². The van der Waals surface area contributed by atoms with Gasteiger partial charge in [0.2, 0.25) is 0 Å². The molecule has 0 aliphatic heterocycles. The van der Waals surface area contributed by atoms with Crippen LogP contribution in [0.4, 0.5) is 0 Å². The maximum atomic E-state index is 5.55. The molecule has 4 heteroatoms. The fraction of sp³-hybridized carbons (Fsp3) is 0.222.